The van der Waals surface area contributed by atoms with Gasteiger partial charge in [-0.05, 0) is 33.5 Å². The highest BCUT2D eigenvalue weighted by molar-refractivity contribution is 4.97. The Morgan fingerprint density at radius 1 is 1.50 bits per heavy atom. The second kappa shape index (κ2) is 5.41. The minimum atomic E-state index is 0.411. The molecule has 1 atom stereocenters. The lowest BCUT2D eigenvalue weighted by atomic mass is 10.00. The minimum Gasteiger partial charge on any atom is -0.339 e. The summed E-state index contributed by atoms with van der Waals surface area (Å²) >= 11 is 0. The summed E-state index contributed by atoms with van der Waals surface area (Å²) in [6, 6.07) is 0. The van der Waals surface area contributed by atoms with Crippen LogP contribution in [-0.4, -0.2) is 48.8 Å². The largest absolute Gasteiger partial charge is 0.339 e. The second-order valence-electron chi connectivity index (χ2n) is 4.65. The van der Waals surface area contributed by atoms with Crippen LogP contribution in [-0.2, 0) is 6.42 Å². The predicted octanol–water partition coefficient (Wildman–Crippen LogP) is 0.641. The van der Waals surface area contributed by atoms with Crippen molar-refractivity contribution >= 4 is 0 Å². The highest BCUT2D eigenvalue weighted by atomic mass is 16.5. The third-order valence-electron chi connectivity index (χ3n) is 2.91. The smallest absolute Gasteiger partial charge is 0.231 e. The van der Waals surface area contributed by atoms with Crippen molar-refractivity contribution in [3.63, 3.8) is 0 Å². The van der Waals surface area contributed by atoms with E-state index in [1.54, 1.807) is 0 Å². The number of piperidine rings is 1. The van der Waals surface area contributed by atoms with Gasteiger partial charge in [-0.15, -0.1) is 0 Å². The molecule has 1 aliphatic heterocycles. The molecule has 1 aromatic rings. The van der Waals surface area contributed by atoms with E-state index in [0.717, 1.165) is 44.2 Å². The molecule has 5 nitrogen and oxygen atoms in total. The first-order chi connectivity index (χ1) is 7.75. The molecule has 0 unspecified atom stereocenters. The highest BCUT2D eigenvalue weighted by Crippen LogP contribution is 2.21. The van der Waals surface area contributed by atoms with Crippen molar-refractivity contribution in [3.05, 3.63) is 11.7 Å². The van der Waals surface area contributed by atoms with Gasteiger partial charge in [-0.1, -0.05) is 5.16 Å². The fourth-order valence-corrected chi connectivity index (χ4v) is 1.92. The Balaban J connectivity index is 1.90. The average Bonchev–Trinajstić information content (AvgIpc) is 2.76. The van der Waals surface area contributed by atoms with E-state index in [9.17, 15) is 0 Å². The van der Waals surface area contributed by atoms with Crippen LogP contribution in [0, 0.1) is 0 Å². The summed E-state index contributed by atoms with van der Waals surface area (Å²) in [5.41, 5.74) is 0. The third-order valence-corrected chi connectivity index (χ3v) is 2.91. The van der Waals surface area contributed by atoms with Crippen molar-refractivity contribution in [2.45, 2.75) is 25.2 Å². The molecule has 0 bridgehead atoms. The highest BCUT2D eigenvalue weighted by Gasteiger charge is 2.21. The van der Waals surface area contributed by atoms with E-state index in [4.69, 9.17) is 4.52 Å². The standard InChI is InChI=1S/C11H20N4O/c1-15(2)7-5-10-13-11(16-14-10)9-4-3-6-12-8-9/h9,12H,3-8H2,1-2H3/t9-/m1/s1. The number of likely N-dealkylation sites (N-methyl/N-ethyl adjacent to an activating group) is 1. The Bertz CT molecular complexity index is 318. The molecular formula is C11H20N4O. The summed E-state index contributed by atoms with van der Waals surface area (Å²) in [6.07, 6.45) is 3.21. The zero-order valence-corrected chi connectivity index (χ0v) is 10.1. The number of aromatic nitrogens is 2. The van der Waals surface area contributed by atoms with E-state index in [2.05, 4.69) is 20.4 Å². The molecule has 0 amide bonds. The number of nitrogens with zero attached hydrogens (tertiary/aromatic N) is 3. The zero-order valence-electron chi connectivity index (χ0n) is 10.1. The van der Waals surface area contributed by atoms with Gasteiger partial charge < -0.3 is 14.7 Å². The van der Waals surface area contributed by atoms with Crippen molar-refractivity contribution in [1.82, 2.24) is 20.4 Å². The van der Waals surface area contributed by atoms with Gasteiger partial charge in [0.25, 0.3) is 0 Å². The van der Waals surface area contributed by atoms with E-state index in [1.807, 2.05) is 14.1 Å². The average molecular weight is 224 g/mol. The molecule has 90 valence electrons. The van der Waals surface area contributed by atoms with Gasteiger partial charge in [0.15, 0.2) is 5.82 Å². The maximum absolute atomic E-state index is 5.32. The van der Waals surface area contributed by atoms with Crippen LogP contribution in [0.15, 0.2) is 4.52 Å². The fourth-order valence-electron chi connectivity index (χ4n) is 1.92. The van der Waals surface area contributed by atoms with Crippen molar-refractivity contribution in [2.24, 2.45) is 0 Å². The van der Waals surface area contributed by atoms with Crippen LogP contribution in [0.5, 0.6) is 0 Å². The molecule has 2 heterocycles. The molecule has 5 heteroatoms. The molecule has 0 radical (unpaired) electrons. The maximum atomic E-state index is 5.32. The lowest BCUT2D eigenvalue weighted by molar-refractivity contribution is 0.319. The Morgan fingerprint density at radius 3 is 3.06 bits per heavy atom. The number of nitrogens with one attached hydrogen (secondary N) is 1. The molecule has 0 aliphatic carbocycles. The van der Waals surface area contributed by atoms with Crippen LogP contribution >= 0.6 is 0 Å². The SMILES string of the molecule is CN(C)CCc1noc([C@@H]2CCCNC2)n1. The van der Waals surface area contributed by atoms with Crippen molar-refractivity contribution in [3.8, 4) is 0 Å². The molecule has 0 spiro atoms. The number of hydrogen-bond acceptors (Lipinski definition) is 5. The van der Waals surface area contributed by atoms with Gasteiger partial charge in [-0.25, -0.2) is 0 Å². The van der Waals surface area contributed by atoms with Crippen molar-refractivity contribution in [2.75, 3.05) is 33.7 Å². The van der Waals surface area contributed by atoms with Crippen LogP contribution < -0.4 is 5.32 Å². The lowest BCUT2D eigenvalue weighted by Crippen LogP contribution is -2.28. The molecular weight excluding hydrogens is 204 g/mol. The lowest BCUT2D eigenvalue weighted by Gasteiger charge is -2.18. The normalized spacial score (nSPS) is 21.6. The number of rotatable bonds is 4. The number of hydrogen-bond donors (Lipinski definition) is 1. The quantitative estimate of drug-likeness (QED) is 0.813. The van der Waals surface area contributed by atoms with E-state index in [-0.39, 0.29) is 0 Å². The van der Waals surface area contributed by atoms with Gasteiger partial charge in [-0.3, -0.25) is 0 Å². The topological polar surface area (TPSA) is 54.2 Å². The molecule has 1 aliphatic rings. The summed E-state index contributed by atoms with van der Waals surface area (Å²) in [4.78, 5) is 6.58. The summed E-state index contributed by atoms with van der Waals surface area (Å²) < 4.78 is 5.32. The summed E-state index contributed by atoms with van der Waals surface area (Å²) in [5, 5.41) is 7.38. The summed E-state index contributed by atoms with van der Waals surface area (Å²) in [6.45, 7) is 3.04. The van der Waals surface area contributed by atoms with Crippen LogP contribution in [0.3, 0.4) is 0 Å². The van der Waals surface area contributed by atoms with Gasteiger partial charge in [0.1, 0.15) is 0 Å². The Labute approximate surface area is 96.2 Å². The third kappa shape index (κ3) is 3.02. The summed E-state index contributed by atoms with van der Waals surface area (Å²) in [7, 11) is 4.10. The van der Waals surface area contributed by atoms with Crippen LogP contribution in [0.1, 0.15) is 30.5 Å². The van der Waals surface area contributed by atoms with Crippen LogP contribution in [0.4, 0.5) is 0 Å². The first kappa shape index (κ1) is 11.5. The molecule has 2 rings (SSSR count). The maximum Gasteiger partial charge on any atom is 0.231 e. The molecule has 1 aromatic heterocycles. The van der Waals surface area contributed by atoms with Gasteiger partial charge in [0.05, 0.1) is 5.92 Å². The fraction of sp³-hybridized carbons (Fsp3) is 0.818. The minimum absolute atomic E-state index is 0.411. The molecule has 0 saturated carbocycles. The predicted molar refractivity (Wildman–Crippen MR) is 61.4 cm³/mol. The van der Waals surface area contributed by atoms with E-state index >= 15 is 0 Å². The van der Waals surface area contributed by atoms with E-state index in [1.165, 1.54) is 6.42 Å². The van der Waals surface area contributed by atoms with Crippen molar-refractivity contribution in [1.29, 1.82) is 0 Å². The first-order valence-electron chi connectivity index (χ1n) is 5.93. The van der Waals surface area contributed by atoms with E-state index in [0.29, 0.717) is 5.92 Å². The summed E-state index contributed by atoms with van der Waals surface area (Å²) in [5.74, 6) is 2.05. The molecule has 1 N–H and O–H groups in total. The second-order valence-corrected chi connectivity index (χ2v) is 4.65. The molecule has 1 fully saturated rings. The Hall–Kier alpha value is -0.940. The Kier molecular flexibility index (Phi) is 3.90. The van der Waals surface area contributed by atoms with Gasteiger partial charge >= 0.3 is 0 Å². The van der Waals surface area contributed by atoms with Gasteiger partial charge in [-0.2, -0.15) is 4.98 Å². The van der Waals surface area contributed by atoms with Gasteiger partial charge in [0.2, 0.25) is 5.89 Å². The monoisotopic (exact) mass is 224 g/mol. The van der Waals surface area contributed by atoms with E-state index < -0.39 is 0 Å². The van der Waals surface area contributed by atoms with Crippen LogP contribution in [0.25, 0.3) is 0 Å². The molecule has 0 aromatic carbocycles. The zero-order chi connectivity index (χ0) is 11.4. The van der Waals surface area contributed by atoms with Crippen molar-refractivity contribution < 1.29 is 4.52 Å². The van der Waals surface area contributed by atoms with Crippen LogP contribution in [0.2, 0.25) is 0 Å². The van der Waals surface area contributed by atoms with Gasteiger partial charge in [0, 0.05) is 19.5 Å². The molecule has 16 heavy (non-hydrogen) atoms. The molecule has 1 saturated heterocycles. The first-order valence-corrected chi connectivity index (χ1v) is 5.93. The Morgan fingerprint density at radius 2 is 2.38 bits per heavy atom.